The zero-order chi connectivity index (χ0) is 20.5. The maximum Gasteiger partial charge on any atom is 0.408 e. The van der Waals surface area contributed by atoms with E-state index in [1.807, 2.05) is 60.7 Å². The van der Waals surface area contributed by atoms with Gasteiger partial charge in [0.2, 0.25) is 0 Å². The maximum atomic E-state index is 12.6. The van der Waals surface area contributed by atoms with Gasteiger partial charge in [0.15, 0.2) is 6.10 Å². The molecule has 1 amide bonds. The van der Waals surface area contributed by atoms with E-state index >= 15 is 0 Å². The molecule has 2 aromatic carbocycles. The van der Waals surface area contributed by atoms with Gasteiger partial charge in [-0.25, -0.2) is 9.59 Å². The van der Waals surface area contributed by atoms with Crippen LogP contribution in [0, 0.1) is 0 Å². The second-order valence-electron chi connectivity index (χ2n) is 6.48. The Balaban J connectivity index is 1.56. The van der Waals surface area contributed by atoms with Crippen molar-refractivity contribution in [2.24, 2.45) is 5.16 Å². The van der Waals surface area contributed by atoms with Gasteiger partial charge in [0.05, 0.1) is 0 Å². The first kappa shape index (κ1) is 20.9. The average Bonchev–Trinajstić information content (AvgIpc) is 3.17. The van der Waals surface area contributed by atoms with E-state index in [9.17, 15) is 9.59 Å². The first-order chi connectivity index (χ1) is 14.1. The number of alkyl carbamates (subject to hydrolysis) is 1. The number of rotatable bonds is 8. The molecule has 1 aliphatic heterocycles. The van der Waals surface area contributed by atoms with E-state index in [0.29, 0.717) is 11.0 Å². The van der Waals surface area contributed by atoms with E-state index in [1.54, 1.807) is 0 Å². The van der Waals surface area contributed by atoms with Crippen LogP contribution in [-0.4, -0.2) is 35.4 Å². The van der Waals surface area contributed by atoms with Gasteiger partial charge in [0.1, 0.15) is 23.9 Å². The van der Waals surface area contributed by atoms with Crippen LogP contribution in [0.5, 0.6) is 0 Å². The van der Waals surface area contributed by atoms with Gasteiger partial charge in [-0.05, 0) is 27.1 Å². The second-order valence-corrected chi connectivity index (χ2v) is 7.39. The van der Waals surface area contributed by atoms with Crippen LogP contribution in [0.15, 0.2) is 65.8 Å². The molecule has 7 nitrogen and oxygen atoms in total. The number of hydrogen-bond acceptors (Lipinski definition) is 6. The minimum Gasteiger partial charge on any atom is -0.460 e. The number of carbonyl (C=O) groups is 2. The van der Waals surface area contributed by atoms with E-state index in [-0.39, 0.29) is 25.7 Å². The summed E-state index contributed by atoms with van der Waals surface area (Å²) < 4.78 is 11.2. The highest BCUT2D eigenvalue weighted by molar-refractivity contribution is 9.18. The quantitative estimate of drug-likeness (QED) is 0.608. The Morgan fingerprint density at radius 2 is 1.72 bits per heavy atom. The molecule has 0 aromatic heterocycles. The van der Waals surface area contributed by atoms with E-state index in [1.165, 1.54) is 0 Å². The number of ether oxygens (including phenoxy) is 2. The summed E-state index contributed by atoms with van der Waals surface area (Å²) in [6, 6.07) is 17.8. The van der Waals surface area contributed by atoms with E-state index < -0.39 is 18.1 Å². The number of halogens is 1. The van der Waals surface area contributed by atoms with Crippen LogP contribution in [0.4, 0.5) is 4.79 Å². The Morgan fingerprint density at radius 3 is 2.34 bits per heavy atom. The molecule has 0 radical (unpaired) electrons. The number of hydrogen-bond donors (Lipinski definition) is 1. The van der Waals surface area contributed by atoms with Gasteiger partial charge < -0.3 is 19.6 Å². The number of nitrogens with zero attached hydrogens (tertiary/aromatic N) is 1. The number of amides is 1. The minimum atomic E-state index is -0.883. The molecule has 3 rings (SSSR count). The smallest absolute Gasteiger partial charge is 0.408 e. The summed E-state index contributed by atoms with van der Waals surface area (Å²) in [5.41, 5.74) is 1.75. The van der Waals surface area contributed by atoms with Gasteiger partial charge in [0, 0.05) is 12.8 Å². The van der Waals surface area contributed by atoms with Crippen LogP contribution in [0.25, 0.3) is 0 Å². The van der Waals surface area contributed by atoms with Crippen molar-refractivity contribution in [2.45, 2.75) is 31.6 Å². The van der Waals surface area contributed by atoms with Crippen molar-refractivity contribution in [1.82, 2.24) is 5.32 Å². The number of esters is 1. The predicted molar refractivity (Wildman–Crippen MR) is 111 cm³/mol. The van der Waals surface area contributed by atoms with Gasteiger partial charge in [0.25, 0.3) is 0 Å². The fourth-order valence-corrected chi connectivity index (χ4v) is 3.15. The van der Waals surface area contributed by atoms with Gasteiger partial charge in [-0.15, -0.1) is 0 Å². The Hall–Kier alpha value is -2.87. The molecular weight excluding hydrogens is 440 g/mol. The molecule has 152 valence electrons. The summed E-state index contributed by atoms with van der Waals surface area (Å²) in [6.07, 6.45) is -0.208. The molecule has 0 fully saturated rings. The van der Waals surface area contributed by atoms with Crippen molar-refractivity contribution in [3.8, 4) is 0 Å². The number of nitrogens with one attached hydrogen (secondary N) is 1. The number of oxime groups is 1. The molecule has 2 aromatic rings. The summed E-state index contributed by atoms with van der Waals surface area (Å²) >= 11 is 3.24. The summed E-state index contributed by atoms with van der Waals surface area (Å²) in [7, 11) is 0. The highest BCUT2D eigenvalue weighted by atomic mass is 79.9. The summed E-state index contributed by atoms with van der Waals surface area (Å²) in [4.78, 5) is 30.0. The molecule has 1 N–H and O–H groups in total. The van der Waals surface area contributed by atoms with Crippen LogP contribution in [-0.2, 0) is 32.1 Å². The lowest BCUT2D eigenvalue weighted by Gasteiger charge is -2.18. The molecular formula is C21H21BrN2O5. The highest BCUT2D eigenvalue weighted by Crippen LogP contribution is 2.15. The third kappa shape index (κ3) is 6.90. The molecule has 0 saturated carbocycles. The molecule has 0 saturated heterocycles. The SMILES string of the molecule is O=C(NC(Cc1ccccc1)C(=O)OC[C@@H]1CC(Br)=NO1)OCc1ccccc1. The minimum absolute atomic E-state index is 0.0451. The molecule has 1 aliphatic rings. The molecule has 8 heteroatoms. The summed E-state index contributed by atoms with van der Waals surface area (Å²) in [5.74, 6) is -0.558. The van der Waals surface area contributed by atoms with Crippen molar-refractivity contribution in [1.29, 1.82) is 0 Å². The van der Waals surface area contributed by atoms with E-state index in [4.69, 9.17) is 14.3 Å². The van der Waals surface area contributed by atoms with Crippen molar-refractivity contribution in [3.63, 3.8) is 0 Å². The molecule has 0 bridgehead atoms. The third-order valence-corrected chi connectivity index (χ3v) is 4.65. The lowest BCUT2D eigenvalue weighted by Crippen LogP contribution is -2.44. The normalized spacial score (nSPS) is 16.3. The molecule has 2 atom stereocenters. The topological polar surface area (TPSA) is 86.2 Å². The molecule has 0 spiro atoms. The predicted octanol–water partition coefficient (Wildman–Crippen LogP) is 3.56. The largest absolute Gasteiger partial charge is 0.460 e. The summed E-state index contributed by atoms with van der Waals surface area (Å²) in [6.45, 7) is 0.157. The third-order valence-electron chi connectivity index (χ3n) is 4.18. The first-order valence-electron chi connectivity index (χ1n) is 9.16. The van der Waals surface area contributed by atoms with Crippen molar-refractivity contribution in [2.75, 3.05) is 6.61 Å². The summed E-state index contributed by atoms with van der Waals surface area (Å²) in [5, 5.41) is 6.37. The van der Waals surface area contributed by atoms with Gasteiger partial charge in [-0.1, -0.05) is 65.8 Å². The molecule has 1 unspecified atom stereocenters. The van der Waals surface area contributed by atoms with Gasteiger partial charge in [-0.3, -0.25) is 0 Å². The number of carbonyl (C=O) groups excluding carboxylic acids is 2. The van der Waals surface area contributed by atoms with E-state index in [2.05, 4.69) is 26.4 Å². The van der Waals surface area contributed by atoms with Crippen molar-refractivity contribution >= 4 is 32.6 Å². The zero-order valence-corrected chi connectivity index (χ0v) is 17.2. The Morgan fingerprint density at radius 1 is 1.07 bits per heavy atom. The average molecular weight is 461 g/mol. The fourth-order valence-electron chi connectivity index (χ4n) is 2.71. The van der Waals surface area contributed by atoms with Crippen LogP contribution in [0.3, 0.4) is 0 Å². The number of benzene rings is 2. The van der Waals surface area contributed by atoms with Crippen LogP contribution < -0.4 is 5.32 Å². The zero-order valence-electron chi connectivity index (χ0n) is 15.6. The van der Waals surface area contributed by atoms with Gasteiger partial charge in [-0.2, -0.15) is 0 Å². The van der Waals surface area contributed by atoms with Crippen LogP contribution >= 0.6 is 15.9 Å². The molecule has 0 aliphatic carbocycles. The standard InChI is InChI=1S/C21H21BrN2O5/c22-19-12-17(29-24-19)14-27-20(25)18(11-15-7-3-1-4-8-15)23-21(26)28-13-16-9-5-2-6-10-16/h1-10,17-18H,11-14H2,(H,23,26)/t17-,18?/m0/s1. The van der Waals surface area contributed by atoms with Crippen LogP contribution in [0.1, 0.15) is 17.5 Å². The monoisotopic (exact) mass is 460 g/mol. The van der Waals surface area contributed by atoms with Crippen molar-refractivity contribution in [3.05, 3.63) is 71.8 Å². The second kappa shape index (κ2) is 10.6. The Bertz CT molecular complexity index is 845. The Labute approximate surface area is 177 Å². The van der Waals surface area contributed by atoms with Crippen molar-refractivity contribution < 1.29 is 23.9 Å². The highest BCUT2D eigenvalue weighted by Gasteiger charge is 2.27. The Kier molecular flexibility index (Phi) is 7.63. The molecule has 1 heterocycles. The van der Waals surface area contributed by atoms with Gasteiger partial charge >= 0.3 is 12.1 Å². The van der Waals surface area contributed by atoms with E-state index in [0.717, 1.165) is 11.1 Å². The van der Waals surface area contributed by atoms with Crippen LogP contribution in [0.2, 0.25) is 0 Å². The lowest BCUT2D eigenvalue weighted by atomic mass is 10.1. The maximum absolute atomic E-state index is 12.6. The molecule has 29 heavy (non-hydrogen) atoms. The first-order valence-corrected chi connectivity index (χ1v) is 9.95. The lowest BCUT2D eigenvalue weighted by molar-refractivity contribution is -0.149. The fraction of sp³-hybridized carbons (Fsp3) is 0.286.